The van der Waals surface area contributed by atoms with Gasteiger partial charge in [-0.3, -0.25) is 14.8 Å². The first-order chi connectivity index (χ1) is 15.7. The van der Waals surface area contributed by atoms with Crippen molar-refractivity contribution in [1.82, 2.24) is 19.9 Å². The van der Waals surface area contributed by atoms with E-state index in [1.165, 1.54) is 0 Å². The third-order valence-corrected chi connectivity index (χ3v) is 6.18. The normalized spacial score (nSPS) is 18.8. The van der Waals surface area contributed by atoms with Crippen molar-refractivity contribution in [3.63, 3.8) is 0 Å². The van der Waals surface area contributed by atoms with Gasteiger partial charge >= 0.3 is 0 Å². The van der Waals surface area contributed by atoms with Gasteiger partial charge < -0.3 is 15.1 Å². The number of hydrogen-bond acceptors (Lipinski definition) is 7. The number of nitrogens with zero attached hydrogens (tertiary/aromatic N) is 6. The highest BCUT2D eigenvalue weighted by molar-refractivity contribution is 6.32. The van der Waals surface area contributed by atoms with Gasteiger partial charge in [-0.25, -0.2) is 4.98 Å². The summed E-state index contributed by atoms with van der Waals surface area (Å²) in [6.07, 6.45) is 10.4. The highest BCUT2D eigenvalue weighted by Crippen LogP contribution is 2.32. The number of pyridine rings is 2. The SMILES string of the molecule is O=C1CCCN1c1cncc(Nc2ncc(Cl)c(N3CCC[C@@H](c4ccccn4)C3)n2)c1. The highest BCUT2D eigenvalue weighted by Gasteiger charge is 2.25. The Morgan fingerprint density at radius 1 is 1.09 bits per heavy atom. The van der Waals surface area contributed by atoms with E-state index in [9.17, 15) is 4.79 Å². The number of halogens is 1. The van der Waals surface area contributed by atoms with Crippen LogP contribution in [0, 0.1) is 0 Å². The zero-order valence-corrected chi connectivity index (χ0v) is 18.4. The Bertz CT molecular complexity index is 1110. The van der Waals surface area contributed by atoms with Crippen LogP contribution >= 0.6 is 11.6 Å². The summed E-state index contributed by atoms with van der Waals surface area (Å²) >= 11 is 6.49. The Kier molecular flexibility index (Phi) is 5.85. The van der Waals surface area contributed by atoms with Crippen molar-refractivity contribution < 1.29 is 4.79 Å². The van der Waals surface area contributed by atoms with Crippen LogP contribution in [-0.2, 0) is 4.79 Å². The number of hydrogen-bond donors (Lipinski definition) is 1. The molecule has 0 bridgehead atoms. The molecule has 2 aliphatic heterocycles. The van der Waals surface area contributed by atoms with Crippen molar-refractivity contribution in [2.24, 2.45) is 0 Å². The monoisotopic (exact) mass is 449 g/mol. The molecular formula is C23H24ClN7O. The number of carbonyl (C=O) groups excluding carboxylic acids is 1. The molecular weight excluding hydrogens is 426 g/mol. The Morgan fingerprint density at radius 2 is 2.03 bits per heavy atom. The van der Waals surface area contributed by atoms with Gasteiger partial charge in [0.2, 0.25) is 11.9 Å². The van der Waals surface area contributed by atoms with Gasteiger partial charge in [-0.1, -0.05) is 17.7 Å². The second kappa shape index (κ2) is 9.08. The molecule has 0 aliphatic carbocycles. The maximum Gasteiger partial charge on any atom is 0.229 e. The molecule has 2 saturated heterocycles. The van der Waals surface area contributed by atoms with Crippen LogP contribution in [0.4, 0.5) is 23.1 Å². The van der Waals surface area contributed by atoms with Gasteiger partial charge in [0, 0.05) is 43.9 Å². The maximum atomic E-state index is 12.1. The molecule has 1 amide bonds. The summed E-state index contributed by atoms with van der Waals surface area (Å²) in [6.45, 7) is 2.41. The van der Waals surface area contributed by atoms with E-state index in [1.807, 2.05) is 24.4 Å². The average molecular weight is 450 g/mol. The van der Waals surface area contributed by atoms with E-state index in [1.54, 1.807) is 23.5 Å². The molecule has 2 fully saturated rings. The van der Waals surface area contributed by atoms with Gasteiger partial charge in [0.05, 0.1) is 30.0 Å². The molecule has 0 radical (unpaired) electrons. The van der Waals surface area contributed by atoms with Crippen LogP contribution in [0.25, 0.3) is 0 Å². The molecule has 0 spiro atoms. The fourth-order valence-corrected chi connectivity index (χ4v) is 4.57. The van der Waals surface area contributed by atoms with E-state index in [2.05, 4.69) is 31.2 Å². The predicted molar refractivity (Wildman–Crippen MR) is 125 cm³/mol. The Hall–Kier alpha value is -3.26. The third-order valence-electron chi connectivity index (χ3n) is 5.92. The van der Waals surface area contributed by atoms with Gasteiger partial charge in [0.1, 0.15) is 5.02 Å². The second-order valence-corrected chi connectivity index (χ2v) is 8.52. The summed E-state index contributed by atoms with van der Waals surface area (Å²) in [5.41, 5.74) is 2.60. The molecule has 32 heavy (non-hydrogen) atoms. The lowest BCUT2D eigenvalue weighted by Gasteiger charge is -2.33. The largest absolute Gasteiger partial charge is 0.355 e. The number of rotatable bonds is 5. The molecule has 8 nitrogen and oxygen atoms in total. The van der Waals surface area contributed by atoms with Crippen molar-refractivity contribution in [2.75, 3.05) is 34.8 Å². The Balaban J connectivity index is 1.35. The fraction of sp³-hybridized carbons (Fsp3) is 0.348. The predicted octanol–water partition coefficient (Wildman–Crippen LogP) is 4.17. The fourth-order valence-electron chi connectivity index (χ4n) is 4.36. The first kappa shape index (κ1) is 20.6. The number of piperidine rings is 1. The first-order valence-electron chi connectivity index (χ1n) is 10.9. The molecule has 1 atom stereocenters. The quantitative estimate of drug-likeness (QED) is 0.625. The molecule has 5 heterocycles. The van der Waals surface area contributed by atoms with E-state index in [0.717, 1.165) is 56.0 Å². The van der Waals surface area contributed by atoms with Crippen LogP contribution < -0.4 is 15.1 Å². The zero-order chi connectivity index (χ0) is 21.9. The summed E-state index contributed by atoms with van der Waals surface area (Å²) < 4.78 is 0. The van der Waals surface area contributed by atoms with E-state index in [4.69, 9.17) is 16.6 Å². The smallest absolute Gasteiger partial charge is 0.229 e. The minimum absolute atomic E-state index is 0.126. The molecule has 2 aliphatic rings. The third kappa shape index (κ3) is 4.36. The van der Waals surface area contributed by atoms with Crippen LogP contribution in [0.3, 0.4) is 0 Å². The molecule has 164 valence electrons. The van der Waals surface area contributed by atoms with Crippen molar-refractivity contribution in [3.8, 4) is 0 Å². The minimum Gasteiger partial charge on any atom is -0.355 e. The topological polar surface area (TPSA) is 87.1 Å². The molecule has 1 N–H and O–H groups in total. The summed E-state index contributed by atoms with van der Waals surface area (Å²) in [4.78, 5) is 33.9. The number of aromatic nitrogens is 4. The van der Waals surface area contributed by atoms with Crippen molar-refractivity contribution in [1.29, 1.82) is 0 Å². The molecule has 3 aromatic rings. The zero-order valence-electron chi connectivity index (χ0n) is 17.6. The van der Waals surface area contributed by atoms with Gasteiger partial charge in [-0.2, -0.15) is 4.98 Å². The van der Waals surface area contributed by atoms with Gasteiger partial charge in [-0.05, 0) is 37.5 Å². The molecule has 0 aromatic carbocycles. The summed E-state index contributed by atoms with van der Waals surface area (Å²) in [7, 11) is 0. The Labute approximate surface area is 191 Å². The van der Waals surface area contributed by atoms with Crippen LogP contribution in [0.15, 0.2) is 49.1 Å². The van der Waals surface area contributed by atoms with Gasteiger partial charge in [-0.15, -0.1) is 0 Å². The number of anilines is 4. The van der Waals surface area contributed by atoms with Gasteiger partial charge in [0.15, 0.2) is 5.82 Å². The molecule has 9 heteroatoms. The number of amides is 1. The summed E-state index contributed by atoms with van der Waals surface area (Å²) in [5.74, 6) is 1.62. The number of nitrogens with one attached hydrogen (secondary N) is 1. The van der Waals surface area contributed by atoms with Crippen LogP contribution in [-0.4, -0.2) is 45.5 Å². The van der Waals surface area contributed by atoms with E-state index < -0.39 is 0 Å². The lowest BCUT2D eigenvalue weighted by molar-refractivity contribution is -0.117. The minimum atomic E-state index is 0.126. The molecule has 0 saturated carbocycles. The number of carbonyl (C=O) groups is 1. The highest BCUT2D eigenvalue weighted by atomic mass is 35.5. The second-order valence-electron chi connectivity index (χ2n) is 8.11. The van der Waals surface area contributed by atoms with Crippen LogP contribution in [0.5, 0.6) is 0 Å². The Morgan fingerprint density at radius 3 is 2.84 bits per heavy atom. The lowest BCUT2D eigenvalue weighted by atomic mass is 9.94. The molecule has 0 unspecified atom stereocenters. The van der Waals surface area contributed by atoms with Crippen molar-refractivity contribution in [3.05, 3.63) is 59.8 Å². The van der Waals surface area contributed by atoms with E-state index in [-0.39, 0.29) is 5.91 Å². The van der Waals surface area contributed by atoms with Crippen LogP contribution in [0.1, 0.15) is 37.3 Å². The molecule has 3 aromatic heterocycles. The first-order valence-corrected chi connectivity index (χ1v) is 11.3. The van der Waals surface area contributed by atoms with Crippen molar-refractivity contribution in [2.45, 2.75) is 31.6 Å². The standard InChI is InChI=1S/C23H24ClN7O/c24-19-14-27-23(28-17-11-18(13-25-12-17)31-10-4-7-21(31)32)29-22(19)30-9-3-5-16(15-30)20-6-1-2-8-26-20/h1-2,6,8,11-14,16H,3-5,7,9-10,15H2,(H,27,28,29)/t16-/m1/s1. The summed E-state index contributed by atoms with van der Waals surface area (Å²) in [5, 5.41) is 3.73. The average Bonchev–Trinajstić information content (AvgIpc) is 3.27. The lowest BCUT2D eigenvalue weighted by Crippen LogP contribution is -2.35. The van der Waals surface area contributed by atoms with Crippen molar-refractivity contribution >= 4 is 40.6 Å². The maximum absolute atomic E-state index is 12.1. The van der Waals surface area contributed by atoms with Gasteiger partial charge in [0.25, 0.3) is 0 Å². The van der Waals surface area contributed by atoms with E-state index >= 15 is 0 Å². The van der Waals surface area contributed by atoms with Crippen LogP contribution in [0.2, 0.25) is 5.02 Å². The van der Waals surface area contributed by atoms with E-state index in [0.29, 0.717) is 29.1 Å². The molecule has 5 rings (SSSR count). The summed E-state index contributed by atoms with van der Waals surface area (Å²) in [6, 6.07) is 7.94.